The molecule has 0 heterocycles. The van der Waals surface area contributed by atoms with E-state index in [1.807, 2.05) is 69.3 Å². The van der Waals surface area contributed by atoms with Crippen LogP contribution in [0.25, 0.3) is 0 Å². The Morgan fingerprint density at radius 3 is 1.75 bits per heavy atom. The van der Waals surface area contributed by atoms with E-state index in [1.165, 1.54) is 0 Å². The quantitative estimate of drug-likeness (QED) is 0.778. The lowest BCUT2D eigenvalue weighted by Crippen LogP contribution is -2.22. The largest absolute Gasteiger partial charge is 0.322 e. The molecule has 0 amide bonds. The topological polar surface area (TPSA) is 26.3 Å². The molecule has 3 heteroatoms. The molecule has 2 rings (SSSR count). The van der Waals surface area contributed by atoms with Gasteiger partial charge in [0.15, 0.2) is 0 Å². The third-order valence-electron chi connectivity index (χ3n) is 3.34. The van der Waals surface area contributed by atoms with E-state index in [0.29, 0.717) is 6.61 Å². The summed E-state index contributed by atoms with van der Waals surface area (Å²) >= 11 is 0. The first kappa shape index (κ1) is 15.0. The summed E-state index contributed by atoms with van der Waals surface area (Å²) in [6, 6.07) is 15.5. The number of hydrogen-bond acceptors (Lipinski definition) is 2. The predicted octanol–water partition coefficient (Wildman–Crippen LogP) is 3.96. The molecule has 106 valence electrons. The van der Waals surface area contributed by atoms with Gasteiger partial charge in [-0.1, -0.05) is 43.3 Å². The van der Waals surface area contributed by atoms with Gasteiger partial charge >= 0.3 is 0 Å². The molecule has 0 atom stereocenters. The maximum absolute atomic E-state index is 13.6. The zero-order chi connectivity index (χ0) is 14.6. The van der Waals surface area contributed by atoms with Crippen molar-refractivity contribution in [3.63, 3.8) is 0 Å². The monoisotopic (exact) mass is 288 g/mol. The van der Waals surface area contributed by atoms with Crippen LogP contribution in [0.1, 0.15) is 24.5 Å². The molecule has 2 aromatic rings. The summed E-state index contributed by atoms with van der Waals surface area (Å²) in [6.45, 7) is 6.49. The van der Waals surface area contributed by atoms with Crippen LogP contribution in [0.5, 0.6) is 0 Å². The molecule has 0 N–H and O–H groups in total. The van der Waals surface area contributed by atoms with Crippen molar-refractivity contribution in [2.24, 2.45) is 0 Å². The number of benzene rings is 2. The van der Waals surface area contributed by atoms with Gasteiger partial charge in [0.05, 0.1) is 6.61 Å². The Balaban J connectivity index is 2.60. The number of rotatable bonds is 5. The summed E-state index contributed by atoms with van der Waals surface area (Å²) in [5, 5.41) is 1.62. The van der Waals surface area contributed by atoms with Gasteiger partial charge in [-0.05, 0) is 43.5 Å². The lowest BCUT2D eigenvalue weighted by molar-refractivity contribution is 0.326. The highest BCUT2D eigenvalue weighted by Crippen LogP contribution is 2.46. The fraction of sp³-hybridized carbons (Fsp3) is 0.294. The number of aryl methyl sites for hydroxylation is 2. The molecular weight excluding hydrogens is 267 g/mol. The molecule has 0 fully saturated rings. The number of hydrogen-bond donors (Lipinski definition) is 0. The second kappa shape index (κ2) is 6.39. The second-order valence-electron chi connectivity index (χ2n) is 4.96. The molecular formula is C17H21O2P. The van der Waals surface area contributed by atoms with Gasteiger partial charge < -0.3 is 4.52 Å². The Morgan fingerprint density at radius 1 is 0.900 bits per heavy atom. The van der Waals surface area contributed by atoms with E-state index in [1.54, 1.807) is 0 Å². The average Bonchev–Trinajstić information content (AvgIpc) is 2.46. The standard InChI is InChI=1S/C17H21O2P/c1-4-13-19-20(18,16-11-7-5-9-14(16)2)17-12-8-6-10-15(17)3/h5-12H,4,13H2,1-3H3. The molecule has 0 saturated heterocycles. The highest BCUT2D eigenvalue weighted by molar-refractivity contribution is 7.74. The van der Waals surface area contributed by atoms with Crippen molar-refractivity contribution in [2.45, 2.75) is 27.2 Å². The molecule has 0 radical (unpaired) electrons. The summed E-state index contributed by atoms with van der Waals surface area (Å²) in [5.41, 5.74) is 2.02. The molecule has 0 bridgehead atoms. The molecule has 20 heavy (non-hydrogen) atoms. The van der Waals surface area contributed by atoms with Gasteiger partial charge in [-0.2, -0.15) is 0 Å². The van der Waals surface area contributed by atoms with E-state index in [0.717, 1.165) is 28.2 Å². The minimum atomic E-state index is -3.02. The van der Waals surface area contributed by atoms with Gasteiger partial charge in [0.1, 0.15) is 0 Å². The van der Waals surface area contributed by atoms with E-state index < -0.39 is 7.37 Å². The summed E-state index contributed by atoms with van der Waals surface area (Å²) in [7, 11) is -3.02. The van der Waals surface area contributed by atoms with Gasteiger partial charge in [-0.3, -0.25) is 4.57 Å². The summed E-state index contributed by atoms with van der Waals surface area (Å²) in [5.74, 6) is 0. The van der Waals surface area contributed by atoms with Crippen molar-refractivity contribution < 1.29 is 9.09 Å². The van der Waals surface area contributed by atoms with Crippen molar-refractivity contribution in [1.29, 1.82) is 0 Å². The Hall–Kier alpha value is -1.37. The van der Waals surface area contributed by atoms with Crippen LogP contribution in [-0.4, -0.2) is 6.61 Å². The summed E-state index contributed by atoms with van der Waals surface area (Å²) in [4.78, 5) is 0. The first-order valence-corrected chi connectivity index (χ1v) is 8.59. The second-order valence-corrected chi connectivity index (χ2v) is 7.28. The summed E-state index contributed by atoms with van der Waals surface area (Å²) < 4.78 is 19.5. The Bertz CT molecular complexity index is 585. The average molecular weight is 288 g/mol. The van der Waals surface area contributed by atoms with Gasteiger partial charge in [0.25, 0.3) is 7.37 Å². The van der Waals surface area contributed by atoms with Gasteiger partial charge in [0.2, 0.25) is 0 Å². The molecule has 2 nitrogen and oxygen atoms in total. The molecule has 0 aromatic heterocycles. The first-order chi connectivity index (χ1) is 9.59. The maximum atomic E-state index is 13.6. The summed E-state index contributed by atoms with van der Waals surface area (Å²) in [6.07, 6.45) is 0.849. The van der Waals surface area contributed by atoms with Gasteiger partial charge in [-0.15, -0.1) is 0 Å². The minimum absolute atomic E-state index is 0.500. The lowest BCUT2D eigenvalue weighted by atomic mass is 10.2. The molecule has 0 aliphatic heterocycles. The minimum Gasteiger partial charge on any atom is -0.322 e. The van der Waals surface area contributed by atoms with Crippen LogP contribution in [0.15, 0.2) is 48.5 Å². The fourth-order valence-electron chi connectivity index (χ4n) is 2.28. The van der Waals surface area contributed by atoms with Crippen LogP contribution < -0.4 is 10.6 Å². The van der Waals surface area contributed by atoms with Crippen LogP contribution in [0, 0.1) is 13.8 Å². The Kier molecular flexibility index (Phi) is 4.80. The third kappa shape index (κ3) is 2.87. The molecule has 0 saturated carbocycles. The van der Waals surface area contributed by atoms with E-state index in [2.05, 4.69) is 0 Å². The van der Waals surface area contributed by atoms with E-state index in [-0.39, 0.29) is 0 Å². The van der Waals surface area contributed by atoms with E-state index in [4.69, 9.17) is 4.52 Å². The van der Waals surface area contributed by atoms with Gasteiger partial charge in [0, 0.05) is 10.6 Å². The van der Waals surface area contributed by atoms with Crippen molar-refractivity contribution in [2.75, 3.05) is 6.61 Å². The van der Waals surface area contributed by atoms with Crippen molar-refractivity contribution in [3.05, 3.63) is 59.7 Å². The Labute approximate surface area is 121 Å². The van der Waals surface area contributed by atoms with Crippen LogP contribution in [0.4, 0.5) is 0 Å². The van der Waals surface area contributed by atoms with Crippen molar-refractivity contribution in [1.82, 2.24) is 0 Å². The van der Waals surface area contributed by atoms with Crippen molar-refractivity contribution in [3.8, 4) is 0 Å². The Morgan fingerprint density at radius 2 is 1.35 bits per heavy atom. The SMILES string of the molecule is CCCOP(=O)(c1ccccc1C)c1ccccc1C. The lowest BCUT2D eigenvalue weighted by Gasteiger charge is -2.22. The third-order valence-corrected chi connectivity index (χ3v) is 6.16. The van der Waals surface area contributed by atoms with Crippen LogP contribution in [-0.2, 0) is 9.09 Å². The van der Waals surface area contributed by atoms with Crippen molar-refractivity contribution >= 4 is 18.0 Å². The highest BCUT2D eigenvalue weighted by atomic mass is 31.2. The van der Waals surface area contributed by atoms with Crippen LogP contribution in [0.2, 0.25) is 0 Å². The molecule has 0 unspecified atom stereocenters. The molecule has 2 aromatic carbocycles. The highest BCUT2D eigenvalue weighted by Gasteiger charge is 2.31. The fourth-order valence-corrected chi connectivity index (χ4v) is 4.90. The van der Waals surface area contributed by atoms with E-state index in [9.17, 15) is 4.57 Å². The maximum Gasteiger partial charge on any atom is 0.261 e. The smallest absolute Gasteiger partial charge is 0.261 e. The van der Waals surface area contributed by atoms with Gasteiger partial charge in [-0.25, -0.2) is 0 Å². The van der Waals surface area contributed by atoms with Crippen LogP contribution in [0.3, 0.4) is 0 Å². The van der Waals surface area contributed by atoms with Crippen LogP contribution >= 0.6 is 7.37 Å². The normalized spacial score (nSPS) is 11.6. The zero-order valence-corrected chi connectivity index (χ0v) is 13.2. The zero-order valence-electron chi connectivity index (χ0n) is 12.3. The predicted molar refractivity (Wildman–Crippen MR) is 85.5 cm³/mol. The first-order valence-electron chi connectivity index (χ1n) is 6.96. The molecule has 0 aliphatic rings. The molecule has 0 aliphatic carbocycles. The van der Waals surface area contributed by atoms with E-state index >= 15 is 0 Å². The molecule has 0 spiro atoms.